The molecule has 6 nitrogen and oxygen atoms in total. The Hall–Kier alpha value is -1.56. The number of carbonyl (C=O) groups excluding carboxylic acids is 1. The minimum Gasteiger partial charge on any atom is -0.481 e. The summed E-state index contributed by atoms with van der Waals surface area (Å²) in [5, 5.41) is 14.7. The molecule has 1 rings (SSSR count). The highest BCUT2D eigenvalue weighted by atomic mass is 16.5. The molecular formula is C11H18N2O4. The Morgan fingerprint density at radius 2 is 2.12 bits per heavy atom. The lowest BCUT2D eigenvalue weighted by Gasteiger charge is -2.36. The molecule has 1 heterocycles. The van der Waals surface area contributed by atoms with Crippen LogP contribution in [0.2, 0.25) is 0 Å². The van der Waals surface area contributed by atoms with E-state index in [0.717, 1.165) is 0 Å². The Bertz CT molecular complexity index is 298. The fraction of sp³-hybridized carbons (Fsp3) is 0.636. The van der Waals surface area contributed by atoms with Crippen molar-refractivity contribution in [2.45, 2.75) is 24.8 Å². The molecule has 1 fully saturated rings. The second-order valence-electron chi connectivity index (χ2n) is 4.11. The van der Waals surface area contributed by atoms with Crippen LogP contribution < -0.4 is 10.6 Å². The molecule has 1 aliphatic heterocycles. The number of amides is 1. The van der Waals surface area contributed by atoms with Gasteiger partial charge in [0.15, 0.2) is 0 Å². The summed E-state index contributed by atoms with van der Waals surface area (Å²) in [5.41, 5.74) is -0.699. The van der Waals surface area contributed by atoms with Gasteiger partial charge < -0.3 is 20.5 Å². The third-order valence-corrected chi connectivity index (χ3v) is 2.75. The predicted molar refractivity (Wildman–Crippen MR) is 61.8 cm³/mol. The van der Waals surface area contributed by atoms with Gasteiger partial charge in [-0.25, -0.2) is 4.79 Å². The van der Waals surface area contributed by atoms with E-state index in [1.807, 2.05) is 0 Å². The van der Waals surface area contributed by atoms with E-state index in [0.29, 0.717) is 25.9 Å². The van der Waals surface area contributed by atoms with Gasteiger partial charge in [-0.3, -0.25) is 4.79 Å². The highest BCUT2D eigenvalue weighted by molar-refractivity contribution is 5.72. The van der Waals surface area contributed by atoms with E-state index < -0.39 is 17.6 Å². The van der Waals surface area contributed by atoms with Crippen molar-refractivity contribution in [3.8, 4) is 0 Å². The van der Waals surface area contributed by atoms with Crippen molar-refractivity contribution in [2.75, 3.05) is 19.7 Å². The summed E-state index contributed by atoms with van der Waals surface area (Å²) in [6, 6.07) is 0. The van der Waals surface area contributed by atoms with Gasteiger partial charge in [-0.1, -0.05) is 12.7 Å². The minimum absolute atomic E-state index is 0.0854. The summed E-state index contributed by atoms with van der Waals surface area (Å²) in [4.78, 5) is 22.3. The highest BCUT2D eigenvalue weighted by Gasteiger charge is 2.36. The SMILES string of the molecule is C=CCOC(=O)NC1(CC(=O)O)CCNCC1. The van der Waals surface area contributed by atoms with Crippen molar-refractivity contribution in [2.24, 2.45) is 0 Å². The number of carbonyl (C=O) groups is 2. The number of nitrogens with one attached hydrogen (secondary N) is 2. The summed E-state index contributed by atoms with van der Waals surface area (Å²) in [6.07, 6.45) is 1.96. The van der Waals surface area contributed by atoms with Gasteiger partial charge in [-0.15, -0.1) is 0 Å². The van der Waals surface area contributed by atoms with Gasteiger partial charge in [-0.05, 0) is 25.9 Å². The molecule has 0 saturated carbocycles. The normalized spacial score (nSPS) is 18.1. The molecule has 0 aliphatic carbocycles. The van der Waals surface area contributed by atoms with E-state index in [1.54, 1.807) is 0 Å². The number of aliphatic carboxylic acids is 1. The monoisotopic (exact) mass is 242 g/mol. The maximum Gasteiger partial charge on any atom is 0.407 e. The van der Waals surface area contributed by atoms with Crippen LogP contribution in [0.3, 0.4) is 0 Å². The average molecular weight is 242 g/mol. The van der Waals surface area contributed by atoms with E-state index in [4.69, 9.17) is 9.84 Å². The zero-order valence-corrected chi connectivity index (χ0v) is 9.70. The number of carboxylic acids is 1. The fourth-order valence-electron chi connectivity index (χ4n) is 1.93. The molecule has 1 aliphatic rings. The predicted octanol–water partition coefficient (Wildman–Crippen LogP) is 0.495. The summed E-state index contributed by atoms with van der Waals surface area (Å²) in [5.74, 6) is -0.920. The number of piperidine rings is 1. The number of hydrogen-bond donors (Lipinski definition) is 3. The van der Waals surface area contributed by atoms with E-state index in [-0.39, 0.29) is 13.0 Å². The lowest BCUT2D eigenvalue weighted by atomic mass is 9.85. The fourth-order valence-corrected chi connectivity index (χ4v) is 1.93. The van der Waals surface area contributed by atoms with E-state index in [9.17, 15) is 9.59 Å². The number of alkyl carbamates (subject to hydrolysis) is 1. The number of carboxylic acid groups (broad SMARTS) is 1. The molecule has 0 atom stereocenters. The lowest BCUT2D eigenvalue weighted by Crippen LogP contribution is -2.55. The van der Waals surface area contributed by atoms with Gasteiger partial charge in [0.2, 0.25) is 0 Å². The third-order valence-electron chi connectivity index (χ3n) is 2.75. The van der Waals surface area contributed by atoms with Crippen LogP contribution in [-0.2, 0) is 9.53 Å². The Balaban J connectivity index is 2.59. The molecule has 1 amide bonds. The molecule has 0 radical (unpaired) electrons. The molecule has 1 saturated heterocycles. The van der Waals surface area contributed by atoms with E-state index in [2.05, 4.69) is 17.2 Å². The molecular weight excluding hydrogens is 224 g/mol. The quantitative estimate of drug-likeness (QED) is 0.611. The minimum atomic E-state index is -0.920. The summed E-state index contributed by atoms with van der Waals surface area (Å²) in [7, 11) is 0. The van der Waals surface area contributed by atoms with Gasteiger partial charge in [-0.2, -0.15) is 0 Å². The highest BCUT2D eigenvalue weighted by Crippen LogP contribution is 2.22. The summed E-state index contributed by atoms with van der Waals surface area (Å²) >= 11 is 0. The van der Waals surface area contributed by atoms with Crippen molar-refractivity contribution < 1.29 is 19.4 Å². The van der Waals surface area contributed by atoms with Crippen LogP contribution in [0.5, 0.6) is 0 Å². The number of ether oxygens (including phenoxy) is 1. The molecule has 0 unspecified atom stereocenters. The van der Waals surface area contributed by atoms with Gasteiger partial charge in [0.1, 0.15) is 6.61 Å². The van der Waals surface area contributed by atoms with Crippen LogP contribution >= 0.6 is 0 Å². The van der Waals surface area contributed by atoms with Crippen molar-refractivity contribution in [1.29, 1.82) is 0 Å². The number of hydrogen-bond acceptors (Lipinski definition) is 4. The molecule has 0 spiro atoms. The molecule has 0 bridgehead atoms. The topological polar surface area (TPSA) is 87.7 Å². The first-order valence-electron chi connectivity index (χ1n) is 5.56. The van der Waals surface area contributed by atoms with E-state index >= 15 is 0 Å². The zero-order chi connectivity index (χ0) is 12.7. The maximum absolute atomic E-state index is 11.5. The van der Waals surface area contributed by atoms with Crippen LogP contribution in [-0.4, -0.2) is 42.4 Å². The van der Waals surface area contributed by atoms with Gasteiger partial charge in [0.05, 0.1) is 12.0 Å². The van der Waals surface area contributed by atoms with Gasteiger partial charge in [0.25, 0.3) is 0 Å². The van der Waals surface area contributed by atoms with Crippen LogP contribution in [0.4, 0.5) is 4.79 Å². The first kappa shape index (κ1) is 13.5. The Kier molecular flexibility index (Phi) is 4.96. The first-order chi connectivity index (χ1) is 8.08. The van der Waals surface area contributed by atoms with Gasteiger partial charge in [0, 0.05) is 0 Å². The molecule has 3 N–H and O–H groups in total. The van der Waals surface area contributed by atoms with Crippen LogP contribution in [0.15, 0.2) is 12.7 Å². The average Bonchev–Trinajstić information content (AvgIpc) is 2.26. The Morgan fingerprint density at radius 3 is 2.65 bits per heavy atom. The molecule has 0 aromatic rings. The Morgan fingerprint density at radius 1 is 1.47 bits per heavy atom. The van der Waals surface area contributed by atoms with Gasteiger partial charge >= 0.3 is 12.1 Å². The summed E-state index contributed by atoms with van der Waals surface area (Å²) in [6.45, 7) is 4.93. The standard InChI is InChI=1S/C11H18N2O4/c1-2-7-17-10(16)13-11(8-9(14)15)3-5-12-6-4-11/h2,12H,1,3-8H2,(H,13,16)(H,14,15). The van der Waals surface area contributed by atoms with E-state index in [1.165, 1.54) is 6.08 Å². The second kappa shape index (κ2) is 6.24. The van der Waals surface area contributed by atoms with Crippen LogP contribution in [0.1, 0.15) is 19.3 Å². The summed E-state index contributed by atoms with van der Waals surface area (Å²) < 4.78 is 4.82. The van der Waals surface area contributed by atoms with Crippen molar-refractivity contribution >= 4 is 12.1 Å². The van der Waals surface area contributed by atoms with Crippen LogP contribution in [0, 0.1) is 0 Å². The second-order valence-corrected chi connectivity index (χ2v) is 4.11. The molecule has 96 valence electrons. The molecule has 0 aromatic carbocycles. The largest absolute Gasteiger partial charge is 0.481 e. The van der Waals surface area contributed by atoms with Crippen LogP contribution in [0.25, 0.3) is 0 Å². The third kappa shape index (κ3) is 4.44. The molecule has 17 heavy (non-hydrogen) atoms. The zero-order valence-electron chi connectivity index (χ0n) is 9.70. The van der Waals surface area contributed by atoms with Crippen molar-refractivity contribution in [3.05, 3.63) is 12.7 Å². The maximum atomic E-state index is 11.5. The first-order valence-corrected chi connectivity index (χ1v) is 5.56. The molecule has 6 heteroatoms. The van der Waals surface area contributed by atoms with Crippen molar-refractivity contribution in [1.82, 2.24) is 10.6 Å². The van der Waals surface area contributed by atoms with Crippen molar-refractivity contribution in [3.63, 3.8) is 0 Å². The molecule has 0 aromatic heterocycles. The number of rotatable bonds is 5. The lowest BCUT2D eigenvalue weighted by molar-refractivity contribution is -0.138. The Labute approximate surface area is 100 Å². The smallest absolute Gasteiger partial charge is 0.407 e.